The highest BCUT2D eigenvalue weighted by molar-refractivity contribution is 5.86. The molecule has 0 saturated carbocycles. The number of rotatable bonds is 10. The average Bonchev–Trinajstić information content (AvgIpc) is 2.74. The Morgan fingerprint density at radius 3 is 1.72 bits per heavy atom. The van der Waals surface area contributed by atoms with Gasteiger partial charge in [0.15, 0.2) is 0 Å². The molecule has 0 saturated heterocycles. The van der Waals surface area contributed by atoms with Gasteiger partial charge in [0.25, 0.3) is 0 Å². The van der Waals surface area contributed by atoms with Crippen molar-refractivity contribution in [3.63, 3.8) is 0 Å². The molecule has 0 bridgehead atoms. The predicted molar refractivity (Wildman–Crippen MR) is 109 cm³/mol. The molecule has 0 aliphatic heterocycles. The summed E-state index contributed by atoms with van der Waals surface area (Å²) in [4.78, 5) is 22.4. The van der Waals surface area contributed by atoms with Crippen LogP contribution in [0.5, 0.6) is 11.5 Å². The molecule has 2 aromatic carbocycles. The first-order chi connectivity index (χ1) is 13.9. The van der Waals surface area contributed by atoms with Crippen LogP contribution in [0.2, 0.25) is 0 Å². The van der Waals surface area contributed by atoms with Crippen molar-refractivity contribution in [1.82, 2.24) is 0 Å². The molecule has 0 aliphatic rings. The van der Waals surface area contributed by atoms with Gasteiger partial charge in [0.05, 0.1) is 0 Å². The monoisotopic (exact) mass is 398 g/mol. The SMILES string of the molecule is C=C(C)C(=O)OCOc1ccc(C(C)c2ccc(OCOC(=O)CC)cc2)cc1. The van der Waals surface area contributed by atoms with Gasteiger partial charge in [-0.2, -0.15) is 0 Å². The van der Waals surface area contributed by atoms with Gasteiger partial charge >= 0.3 is 11.9 Å². The van der Waals surface area contributed by atoms with Gasteiger partial charge in [-0.25, -0.2) is 4.79 Å². The van der Waals surface area contributed by atoms with E-state index in [-0.39, 0.29) is 25.5 Å². The topological polar surface area (TPSA) is 71.1 Å². The first kappa shape index (κ1) is 22.0. The molecule has 154 valence electrons. The van der Waals surface area contributed by atoms with Gasteiger partial charge in [0, 0.05) is 17.9 Å². The van der Waals surface area contributed by atoms with Gasteiger partial charge in [-0.15, -0.1) is 0 Å². The van der Waals surface area contributed by atoms with Crippen LogP contribution in [0.1, 0.15) is 44.2 Å². The molecule has 0 spiro atoms. The summed E-state index contributed by atoms with van der Waals surface area (Å²) in [6, 6.07) is 15.2. The lowest BCUT2D eigenvalue weighted by Crippen LogP contribution is -2.10. The second-order valence-corrected chi connectivity index (χ2v) is 6.47. The van der Waals surface area contributed by atoms with Crippen LogP contribution in [0.25, 0.3) is 0 Å². The maximum atomic E-state index is 11.3. The van der Waals surface area contributed by atoms with E-state index in [1.54, 1.807) is 13.8 Å². The highest BCUT2D eigenvalue weighted by atomic mass is 16.7. The third-order valence-electron chi connectivity index (χ3n) is 4.26. The second kappa shape index (κ2) is 10.9. The van der Waals surface area contributed by atoms with Gasteiger partial charge in [-0.05, 0) is 42.3 Å². The minimum atomic E-state index is -0.480. The molecule has 0 heterocycles. The zero-order valence-corrected chi connectivity index (χ0v) is 17.0. The largest absolute Gasteiger partial charge is 0.457 e. The quantitative estimate of drug-likeness (QED) is 0.331. The molecule has 0 N–H and O–H groups in total. The maximum absolute atomic E-state index is 11.3. The lowest BCUT2D eigenvalue weighted by molar-refractivity contribution is -0.150. The third-order valence-corrected chi connectivity index (χ3v) is 4.26. The summed E-state index contributed by atoms with van der Waals surface area (Å²) in [7, 11) is 0. The van der Waals surface area contributed by atoms with Crippen molar-refractivity contribution in [3.8, 4) is 11.5 Å². The van der Waals surface area contributed by atoms with Gasteiger partial charge in [-0.1, -0.05) is 44.7 Å². The second-order valence-electron chi connectivity index (χ2n) is 6.47. The van der Waals surface area contributed by atoms with Crippen LogP contribution in [0.15, 0.2) is 60.7 Å². The summed E-state index contributed by atoms with van der Waals surface area (Å²) in [6.07, 6.45) is 0.323. The summed E-state index contributed by atoms with van der Waals surface area (Å²) in [6.45, 7) is 8.68. The highest BCUT2D eigenvalue weighted by Gasteiger charge is 2.10. The lowest BCUT2D eigenvalue weighted by Gasteiger charge is -2.14. The van der Waals surface area contributed by atoms with E-state index in [4.69, 9.17) is 18.9 Å². The van der Waals surface area contributed by atoms with Crippen molar-refractivity contribution in [2.75, 3.05) is 13.6 Å². The van der Waals surface area contributed by atoms with Crippen molar-refractivity contribution in [3.05, 3.63) is 71.8 Å². The summed E-state index contributed by atoms with van der Waals surface area (Å²) in [5, 5.41) is 0. The zero-order valence-electron chi connectivity index (χ0n) is 17.0. The molecule has 2 aromatic rings. The highest BCUT2D eigenvalue weighted by Crippen LogP contribution is 2.27. The molecule has 0 aromatic heterocycles. The summed E-state index contributed by atoms with van der Waals surface area (Å²) in [5.41, 5.74) is 2.56. The van der Waals surface area contributed by atoms with Crippen LogP contribution in [-0.2, 0) is 19.1 Å². The minimum absolute atomic E-state index is 0.0925. The number of benzene rings is 2. The Morgan fingerprint density at radius 1 is 0.862 bits per heavy atom. The number of hydrogen-bond acceptors (Lipinski definition) is 6. The molecule has 1 atom stereocenters. The Bertz CT molecular complexity index is 823. The fraction of sp³-hybridized carbons (Fsp3) is 0.304. The van der Waals surface area contributed by atoms with Gasteiger partial charge < -0.3 is 18.9 Å². The Kier molecular flexibility index (Phi) is 8.27. The van der Waals surface area contributed by atoms with Crippen LogP contribution < -0.4 is 9.47 Å². The molecule has 6 nitrogen and oxygen atoms in total. The van der Waals surface area contributed by atoms with Crippen molar-refractivity contribution in [2.24, 2.45) is 0 Å². The fourth-order valence-electron chi connectivity index (χ4n) is 2.44. The molecule has 0 amide bonds. The molecule has 0 fully saturated rings. The van der Waals surface area contributed by atoms with E-state index in [1.807, 2.05) is 48.5 Å². The summed E-state index contributed by atoms with van der Waals surface area (Å²) < 4.78 is 20.6. The first-order valence-corrected chi connectivity index (χ1v) is 9.34. The van der Waals surface area contributed by atoms with Crippen molar-refractivity contribution in [1.29, 1.82) is 0 Å². The van der Waals surface area contributed by atoms with Crippen LogP contribution >= 0.6 is 0 Å². The summed E-state index contributed by atoms with van der Waals surface area (Å²) >= 11 is 0. The van der Waals surface area contributed by atoms with E-state index >= 15 is 0 Å². The smallest absolute Gasteiger partial charge is 0.335 e. The predicted octanol–water partition coefficient (Wildman–Crippen LogP) is 4.58. The first-order valence-electron chi connectivity index (χ1n) is 9.34. The van der Waals surface area contributed by atoms with Gasteiger partial charge in [-0.3, -0.25) is 4.79 Å². The van der Waals surface area contributed by atoms with Gasteiger partial charge in [0.2, 0.25) is 13.6 Å². The van der Waals surface area contributed by atoms with Crippen molar-refractivity contribution >= 4 is 11.9 Å². The maximum Gasteiger partial charge on any atom is 0.335 e. The standard InChI is InChI=1S/C23H26O6/c1-5-22(24)28-14-26-20-10-6-18(7-11-20)17(4)19-8-12-21(13-9-19)27-15-29-23(25)16(2)3/h6-13,17H,2,5,14-15H2,1,3-4H3. The average molecular weight is 398 g/mol. The van der Waals surface area contributed by atoms with Crippen molar-refractivity contribution < 1.29 is 28.5 Å². The molecular weight excluding hydrogens is 372 g/mol. The Labute approximate surface area is 171 Å². The van der Waals surface area contributed by atoms with E-state index in [0.717, 1.165) is 11.1 Å². The number of carbonyl (C=O) groups is 2. The normalized spacial score (nSPS) is 11.3. The molecule has 0 radical (unpaired) electrons. The number of carbonyl (C=O) groups excluding carboxylic acids is 2. The Balaban J connectivity index is 1.87. The third kappa shape index (κ3) is 6.99. The van der Waals surface area contributed by atoms with Crippen LogP contribution in [-0.4, -0.2) is 25.5 Å². The van der Waals surface area contributed by atoms with E-state index in [0.29, 0.717) is 23.5 Å². The Hall–Kier alpha value is -3.28. The summed E-state index contributed by atoms with van der Waals surface area (Å²) in [5.74, 6) is 0.638. The Morgan fingerprint density at radius 2 is 1.31 bits per heavy atom. The molecular formula is C23H26O6. The number of hydrogen-bond donors (Lipinski definition) is 0. The molecule has 29 heavy (non-hydrogen) atoms. The van der Waals surface area contributed by atoms with Crippen LogP contribution in [0.3, 0.4) is 0 Å². The van der Waals surface area contributed by atoms with E-state index < -0.39 is 5.97 Å². The minimum Gasteiger partial charge on any atom is -0.457 e. The van der Waals surface area contributed by atoms with E-state index in [9.17, 15) is 9.59 Å². The van der Waals surface area contributed by atoms with E-state index in [2.05, 4.69) is 13.5 Å². The molecule has 6 heteroatoms. The lowest BCUT2D eigenvalue weighted by atomic mass is 9.93. The molecule has 0 aliphatic carbocycles. The zero-order chi connectivity index (χ0) is 21.2. The molecule has 1 unspecified atom stereocenters. The van der Waals surface area contributed by atoms with Crippen LogP contribution in [0.4, 0.5) is 0 Å². The van der Waals surface area contributed by atoms with E-state index in [1.165, 1.54) is 0 Å². The number of esters is 2. The van der Waals surface area contributed by atoms with Crippen molar-refractivity contribution in [2.45, 2.75) is 33.1 Å². The number of ether oxygens (including phenoxy) is 4. The fourth-order valence-corrected chi connectivity index (χ4v) is 2.44. The van der Waals surface area contributed by atoms with Crippen LogP contribution in [0, 0.1) is 0 Å². The molecule has 2 rings (SSSR count). The van der Waals surface area contributed by atoms with Gasteiger partial charge in [0.1, 0.15) is 11.5 Å².